The highest BCUT2D eigenvalue weighted by Crippen LogP contribution is 2.39. The summed E-state index contributed by atoms with van der Waals surface area (Å²) in [7, 11) is 0. The zero-order valence-electron chi connectivity index (χ0n) is 15.6. The molecule has 5 heteroatoms. The van der Waals surface area contributed by atoms with E-state index in [1.54, 1.807) is 36.4 Å². The van der Waals surface area contributed by atoms with E-state index in [2.05, 4.69) is 10.6 Å². The first kappa shape index (κ1) is 18.3. The molecule has 2 amide bonds. The molecule has 29 heavy (non-hydrogen) atoms. The van der Waals surface area contributed by atoms with Gasteiger partial charge in [-0.15, -0.1) is 0 Å². The maximum atomic E-state index is 13.0. The molecular formula is C24H19N3O2. The number of fused-ring (bicyclic) bond motifs is 1. The topological polar surface area (TPSA) is 84.2 Å². The molecule has 142 valence electrons. The molecule has 0 saturated heterocycles. The summed E-state index contributed by atoms with van der Waals surface area (Å²) in [6, 6.07) is 27.3. The number of hydrogen-bond donors (Lipinski definition) is 3. The van der Waals surface area contributed by atoms with Crippen LogP contribution in [-0.2, 0) is 0 Å². The highest BCUT2D eigenvalue weighted by atomic mass is 16.2. The van der Waals surface area contributed by atoms with Crippen molar-refractivity contribution in [2.24, 2.45) is 0 Å². The number of nitrogens with two attached hydrogens (primary N) is 1. The number of rotatable bonds is 4. The lowest BCUT2D eigenvalue weighted by Gasteiger charge is -2.07. The number of benzene rings is 2. The summed E-state index contributed by atoms with van der Waals surface area (Å²) in [5.74, 6) is -0.715. The minimum Gasteiger partial charge on any atom is -0.397 e. The van der Waals surface area contributed by atoms with E-state index in [1.165, 1.54) is 0 Å². The Balaban J connectivity index is 1.77. The van der Waals surface area contributed by atoms with E-state index in [4.69, 9.17) is 5.73 Å². The molecule has 2 aliphatic rings. The number of carbonyl (C=O) groups is 2. The number of para-hydroxylation sites is 2. The average molecular weight is 381 g/mol. The number of anilines is 3. The molecule has 0 saturated carbocycles. The first-order chi connectivity index (χ1) is 14.1. The first-order valence-electron chi connectivity index (χ1n) is 9.18. The molecule has 2 aromatic rings. The zero-order valence-corrected chi connectivity index (χ0v) is 15.6. The van der Waals surface area contributed by atoms with Gasteiger partial charge in [0.2, 0.25) is 0 Å². The Bertz CT molecular complexity index is 1050. The molecule has 2 aliphatic carbocycles. The van der Waals surface area contributed by atoms with Crippen LogP contribution in [0.1, 0.15) is 20.7 Å². The monoisotopic (exact) mass is 381 g/mol. The second-order valence-electron chi connectivity index (χ2n) is 6.54. The standard InChI is InChI=1S/C24H19N3O2/c25-22-20(23(28)26-16-10-4-1-5-11-16)18-14-8-3-9-15-19(18)21(22)24(29)27-17-12-6-2-7-13-17/h1-15H,25H2,(H,26,28)(H,27,29). The van der Waals surface area contributed by atoms with Gasteiger partial charge in [0.15, 0.2) is 0 Å². The van der Waals surface area contributed by atoms with Gasteiger partial charge < -0.3 is 16.4 Å². The minimum atomic E-state index is -0.358. The lowest BCUT2D eigenvalue weighted by atomic mass is 10.1. The number of hydrogen-bond acceptors (Lipinski definition) is 3. The maximum absolute atomic E-state index is 13.0. The van der Waals surface area contributed by atoms with Crippen LogP contribution in [0.3, 0.4) is 0 Å². The van der Waals surface area contributed by atoms with Crippen LogP contribution in [0.4, 0.5) is 17.1 Å². The molecule has 0 fully saturated rings. The highest BCUT2D eigenvalue weighted by molar-refractivity contribution is 6.22. The van der Waals surface area contributed by atoms with Gasteiger partial charge in [0, 0.05) is 11.4 Å². The number of amides is 2. The van der Waals surface area contributed by atoms with Crippen molar-refractivity contribution in [2.75, 3.05) is 16.4 Å². The molecule has 4 N–H and O–H groups in total. The van der Waals surface area contributed by atoms with Crippen molar-refractivity contribution in [1.29, 1.82) is 0 Å². The lowest BCUT2D eigenvalue weighted by molar-refractivity contribution is 0.102. The number of carbonyl (C=O) groups excluding carboxylic acids is 2. The maximum Gasteiger partial charge on any atom is 0.258 e. The van der Waals surface area contributed by atoms with Crippen LogP contribution in [0.5, 0.6) is 0 Å². The van der Waals surface area contributed by atoms with Crippen molar-refractivity contribution >= 4 is 28.9 Å². The molecular weight excluding hydrogens is 362 g/mol. The van der Waals surface area contributed by atoms with Crippen LogP contribution >= 0.6 is 0 Å². The van der Waals surface area contributed by atoms with E-state index in [0.29, 0.717) is 33.6 Å². The Morgan fingerprint density at radius 1 is 0.552 bits per heavy atom. The van der Waals surface area contributed by atoms with Crippen LogP contribution in [0.15, 0.2) is 91.0 Å². The van der Waals surface area contributed by atoms with Crippen LogP contribution in [0.25, 0.3) is 11.1 Å². The molecule has 0 unspecified atom stereocenters. The second-order valence-corrected chi connectivity index (χ2v) is 6.54. The van der Waals surface area contributed by atoms with Crippen LogP contribution in [0.2, 0.25) is 0 Å². The summed E-state index contributed by atoms with van der Waals surface area (Å²) in [5, 5.41) is 5.71. The van der Waals surface area contributed by atoms with Crippen LogP contribution in [-0.4, -0.2) is 11.8 Å². The average Bonchev–Trinajstić information content (AvgIpc) is 2.85. The van der Waals surface area contributed by atoms with E-state index < -0.39 is 0 Å². The van der Waals surface area contributed by atoms with E-state index in [0.717, 1.165) is 0 Å². The Hall–Kier alpha value is -4.12. The number of nitrogens with one attached hydrogen (secondary N) is 2. The minimum absolute atomic E-state index is 0.160. The fraction of sp³-hybridized carbons (Fsp3) is 0. The summed E-state index contributed by atoms with van der Waals surface area (Å²) in [5.41, 5.74) is 9.64. The molecule has 0 heterocycles. The largest absolute Gasteiger partial charge is 0.397 e. The predicted molar refractivity (Wildman–Crippen MR) is 116 cm³/mol. The SMILES string of the molecule is Nc1c(C(=O)Nc2ccccc2)c2cccccc-2c1C(=O)Nc1ccccc1. The molecule has 0 radical (unpaired) electrons. The van der Waals surface area contributed by atoms with Crippen molar-refractivity contribution in [1.82, 2.24) is 0 Å². The van der Waals surface area contributed by atoms with Gasteiger partial charge in [-0.3, -0.25) is 9.59 Å². The molecule has 0 aromatic heterocycles. The van der Waals surface area contributed by atoms with Gasteiger partial charge in [0.1, 0.15) is 0 Å². The summed E-state index contributed by atoms with van der Waals surface area (Å²) in [6.45, 7) is 0. The molecule has 5 nitrogen and oxygen atoms in total. The highest BCUT2D eigenvalue weighted by Gasteiger charge is 2.29. The van der Waals surface area contributed by atoms with Gasteiger partial charge >= 0.3 is 0 Å². The van der Waals surface area contributed by atoms with Gasteiger partial charge in [-0.25, -0.2) is 0 Å². The molecule has 0 aliphatic heterocycles. The summed E-state index contributed by atoms with van der Waals surface area (Å²) < 4.78 is 0. The van der Waals surface area contributed by atoms with Gasteiger partial charge in [0.25, 0.3) is 11.8 Å². The third kappa shape index (κ3) is 3.66. The normalized spacial score (nSPS) is 10.5. The smallest absolute Gasteiger partial charge is 0.258 e. The Kier molecular flexibility index (Phi) is 4.95. The predicted octanol–water partition coefficient (Wildman–Crippen LogP) is 4.88. The molecule has 2 aromatic carbocycles. The summed E-state index contributed by atoms with van der Waals surface area (Å²) in [6.07, 6.45) is 0. The fourth-order valence-electron chi connectivity index (χ4n) is 3.32. The molecule has 0 spiro atoms. The number of nitrogen functional groups attached to an aromatic ring is 1. The Labute approximate surface area is 168 Å². The Morgan fingerprint density at radius 3 is 1.28 bits per heavy atom. The third-order valence-electron chi connectivity index (χ3n) is 4.63. The van der Waals surface area contributed by atoms with Gasteiger partial charge in [-0.05, 0) is 35.4 Å². The summed E-state index contributed by atoms with van der Waals surface area (Å²) in [4.78, 5) is 26.0. The Morgan fingerprint density at radius 2 is 0.897 bits per heavy atom. The van der Waals surface area contributed by atoms with Gasteiger partial charge in [-0.1, -0.05) is 66.7 Å². The fourth-order valence-corrected chi connectivity index (χ4v) is 3.32. The van der Waals surface area contributed by atoms with Gasteiger partial charge in [0.05, 0.1) is 16.8 Å². The summed E-state index contributed by atoms with van der Waals surface area (Å²) >= 11 is 0. The quantitative estimate of drug-likeness (QED) is 0.471. The first-order valence-corrected chi connectivity index (χ1v) is 9.18. The van der Waals surface area contributed by atoms with E-state index >= 15 is 0 Å². The zero-order chi connectivity index (χ0) is 20.2. The molecule has 0 bridgehead atoms. The van der Waals surface area contributed by atoms with Crippen molar-refractivity contribution in [3.8, 4) is 11.1 Å². The lowest BCUT2D eigenvalue weighted by Crippen LogP contribution is -2.16. The van der Waals surface area contributed by atoms with Crippen LogP contribution < -0.4 is 16.4 Å². The van der Waals surface area contributed by atoms with Crippen molar-refractivity contribution in [2.45, 2.75) is 0 Å². The van der Waals surface area contributed by atoms with Crippen molar-refractivity contribution < 1.29 is 9.59 Å². The van der Waals surface area contributed by atoms with E-state index in [9.17, 15) is 9.59 Å². The molecule has 4 rings (SSSR count). The van der Waals surface area contributed by atoms with E-state index in [-0.39, 0.29) is 17.5 Å². The third-order valence-corrected chi connectivity index (χ3v) is 4.63. The molecule has 0 atom stereocenters. The van der Waals surface area contributed by atoms with E-state index in [1.807, 2.05) is 54.6 Å². The second kappa shape index (κ2) is 7.86. The van der Waals surface area contributed by atoms with Crippen LogP contribution in [0, 0.1) is 0 Å². The van der Waals surface area contributed by atoms with Crippen molar-refractivity contribution in [3.05, 3.63) is 102 Å². The van der Waals surface area contributed by atoms with Crippen molar-refractivity contribution in [3.63, 3.8) is 0 Å². The van der Waals surface area contributed by atoms with Gasteiger partial charge in [-0.2, -0.15) is 0 Å².